The fourth-order valence-electron chi connectivity index (χ4n) is 4.01. The highest BCUT2D eigenvalue weighted by molar-refractivity contribution is 7.09. The van der Waals surface area contributed by atoms with Crippen LogP contribution in [0, 0.1) is 0 Å². The smallest absolute Gasteiger partial charge is 0.214 e. The maximum Gasteiger partial charge on any atom is 0.214 e. The Morgan fingerprint density at radius 2 is 1.93 bits per heavy atom. The Morgan fingerprint density at radius 3 is 2.57 bits per heavy atom. The molecule has 0 bridgehead atoms. The molecule has 1 aliphatic heterocycles. The molecule has 3 heterocycles. The molecule has 0 spiro atoms. The molecule has 2 aromatic heterocycles. The van der Waals surface area contributed by atoms with Crippen molar-refractivity contribution in [2.24, 2.45) is 0 Å². The summed E-state index contributed by atoms with van der Waals surface area (Å²) < 4.78 is 7.32. The van der Waals surface area contributed by atoms with E-state index >= 15 is 0 Å². The average Bonchev–Trinajstić information content (AvgIpc) is 3.42. The Hall–Kier alpha value is -2.29. The zero-order chi connectivity index (χ0) is 19.3. The van der Waals surface area contributed by atoms with Gasteiger partial charge in [-0.2, -0.15) is 0 Å². The monoisotopic (exact) mass is 400 g/mol. The van der Waals surface area contributed by atoms with Crippen molar-refractivity contribution >= 4 is 11.3 Å². The fourth-order valence-corrected chi connectivity index (χ4v) is 4.70. The van der Waals surface area contributed by atoms with Gasteiger partial charge in [0.15, 0.2) is 6.04 Å². The molecule has 0 aliphatic carbocycles. The van der Waals surface area contributed by atoms with Gasteiger partial charge in [-0.1, -0.05) is 6.07 Å². The summed E-state index contributed by atoms with van der Waals surface area (Å²) in [5.41, 5.74) is 1.23. The van der Waals surface area contributed by atoms with E-state index in [1.54, 1.807) is 23.3 Å². The number of benzene rings is 1. The quantitative estimate of drug-likeness (QED) is 0.571. The number of hydrogen-bond acceptors (Lipinski definition) is 5. The zero-order valence-corrected chi connectivity index (χ0v) is 17.3. The number of nitrogens with one attached hydrogen (secondary N) is 2. The molecule has 28 heavy (non-hydrogen) atoms. The predicted octanol–water partition coefficient (Wildman–Crippen LogP) is -0.316. The van der Waals surface area contributed by atoms with Crippen LogP contribution >= 0.6 is 11.3 Å². The van der Waals surface area contributed by atoms with Crippen molar-refractivity contribution in [2.45, 2.75) is 19.5 Å². The molecule has 3 aromatic rings. The number of quaternary nitrogens is 2. The normalized spacial score (nSPS) is 20.8. The van der Waals surface area contributed by atoms with Crippen molar-refractivity contribution < 1.29 is 14.5 Å². The minimum Gasteiger partial charge on any atom is -0.497 e. The molecule has 1 aromatic carbocycles. The standard InChI is InChI=1S/C20H26N6OS/c1-3-24-10-12-25(13-11-24)19(16-6-8-17(27-2)9-7-16)20-21-22-23-26(20)15-18-5-4-14-28-18/h4-9,14,19H,3,10-13,15H2,1-2H3/p+2/t19-/m0/s1. The lowest BCUT2D eigenvalue weighted by Gasteiger charge is -2.33. The van der Waals surface area contributed by atoms with Gasteiger partial charge in [0, 0.05) is 10.4 Å². The number of methoxy groups -OCH3 is 1. The van der Waals surface area contributed by atoms with Crippen LogP contribution in [0.15, 0.2) is 41.8 Å². The summed E-state index contributed by atoms with van der Waals surface area (Å²) >= 11 is 1.74. The van der Waals surface area contributed by atoms with E-state index in [1.807, 2.05) is 16.8 Å². The molecule has 1 aliphatic rings. The van der Waals surface area contributed by atoms with Crippen LogP contribution in [0.5, 0.6) is 5.75 Å². The van der Waals surface area contributed by atoms with E-state index in [9.17, 15) is 0 Å². The SMILES string of the molecule is CC[NH+]1CC[NH+]([C@@H](c2ccc(OC)cc2)c2nnnn2Cc2cccs2)CC1. The topological polar surface area (TPSA) is 61.7 Å². The van der Waals surface area contributed by atoms with Crippen molar-refractivity contribution in [2.75, 3.05) is 39.8 Å². The van der Waals surface area contributed by atoms with Crippen LogP contribution in [0.4, 0.5) is 0 Å². The minimum atomic E-state index is 0.124. The third-order valence-electron chi connectivity index (χ3n) is 5.66. The maximum absolute atomic E-state index is 5.35. The lowest BCUT2D eigenvalue weighted by Crippen LogP contribution is -3.28. The van der Waals surface area contributed by atoms with Crippen LogP contribution in [0.3, 0.4) is 0 Å². The predicted molar refractivity (Wildman–Crippen MR) is 108 cm³/mol. The molecule has 4 rings (SSSR count). The lowest BCUT2D eigenvalue weighted by atomic mass is 10.0. The van der Waals surface area contributed by atoms with Gasteiger partial charge in [0.2, 0.25) is 5.82 Å². The summed E-state index contributed by atoms with van der Waals surface area (Å²) in [5, 5.41) is 14.9. The molecule has 8 heteroatoms. The highest BCUT2D eigenvalue weighted by Crippen LogP contribution is 2.21. The maximum atomic E-state index is 5.35. The summed E-state index contributed by atoms with van der Waals surface area (Å²) in [6, 6.07) is 12.7. The molecule has 0 saturated carbocycles. The van der Waals surface area contributed by atoms with Crippen molar-refractivity contribution in [3.8, 4) is 5.75 Å². The van der Waals surface area contributed by atoms with Crippen LogP contribution in [0.2, 0.25) is 0 Å². The zero-order valence-electron chi connectivity index (χ0n) is 16.5. The first-order chi connectivity index (χ1) is 13.8. The average molecular weight is 401 g/mol. The lowest BCUT2D eigenvalue weighted by molar-refractivity contribution is -1.02. The van der Waals surface area contributed by atoms with Crippen molar-refractivity contribution in [1.82, 2.24) is 20.2 Å². The highest BCUT2D eigenvalue weighted by Gasteiger charge is 2.35. The number of ether oxygens (including phenoxy) is 1. The van der Waals surface area contributed by atoms with Crippen molar-refractivity contribution in [3.05, 3.63) is 58.0 Å². The first-order valence-corrected chi connectivity index (χ1v) is 10.8. The summed E-state index contributed by atoms with van der Waals surface area (Å²) in [4.78, 5) is 4.47. The number of aromatic nitrogens is 4. The Labute approximate surface area is 169 Å². The van der Waals surface area contributed by atoms with Crippen LogP contribution in [-0.2, 0) is 6.54 Å². The number of likely N-dealkylation sites (N-methyl/N-ethyl adjacent to an activating group) is 1. The number of tetrazole rings is 1. The van der Waals surface area contributed by atoms with Gasteiger partial charge < -0.3 is 14.5 Å². The van der Waals surface area contributed by atoms with E-state index in [1.165, 1.54) is 35.0 Å². The van der Waals surface area contributed by atoms with Gasteiger partial charge >= 0.3 is 0 Å². The van der Waals surface area contributed by atoms with Crippen LogP contribution in [0.25, 0.3) is 0 Å². The van der Waals surface area contributed by atoms with Gasteiger partial charge in [0.1, 0.15) is 31.9 Å². The molecule has 7 nitrogen and oxygen atoms in total. The van der Waals surface area contributed by atoms with Crippen molar-refractivity contribution in [1.29, 1.82) is 0 Å². The second kappa shape index (κ2) is 8.81. The van der Waals surface area contributed by atoms with E-state index in [0.29, 0.717) is 6.54 Å². The van der Waals surface area contributed by atoms with Crippen LogP contribution in [-0.4, -0.2) is 60.0 Å². The molecule has 0 unspecified atom stereocenters. The Bertz CT molecular complexity index is 855. The van der Waals surface area contributed by atoms with E-state index in [2.05, 4.69) is 52.1 Å². The molecule has 148 valence electrons. The number of thiophene rings is 1. The first-order valence-electron chi connectivity index (χ1n) is 9.89. The molecule has 1 fully saturated rings. The third kappa shape index (κ3) is 4.09. The van der Waals surface area contributed by atoms with E-state index < -0.39 is 0 Å². The highest BCUT2D eigenvalue weighted by atomic mass is 32.1. The summed E-state index contributed by atoms with van der Waals surface area (Å²) in [5.74, 6) is 1.81. The molecular formula is C20H28N6OS+2. The largest absolute Gasteiger partial charge is 0.497 e. The molecule has 0 amide bonds. The summed E-state index contributed by atoms with van der Waals surface area (Å²) in [7, 11) is 1.70. The van der Waals surface area contributed by atoms with E-state index in [0.717, 1.165) is 24.7 Å². The van der Waals surface area contributed by atoms with Gasteiger partial charge in [0.25, 0.3) is 0 Å². The van der Waals surface area contributed by atoms with Crippen LogP contribution in [0.1, 0.15) is 29.2 Å². The number of rotatable bonds is 7. The van der Waals surface area contributed by atoms with Crippen molar-refractivity contribution in [3.63, 3.8) is 0 Å². The summed E-state index contributed by atoms with van der Waals surface area (Å²) in [6.07, 6.45) is 0. The Morgan fingerprint density at radius 1 is 1.14 bits per heavy atom. The van der Waals surface area contributed by atoms with Crippen LogP contribution < -0.4 is 14.5 Å². The molecule has 0 radical (unpaired) electrons. The van der Waals surface area contributed by atoms with Gasteiger partial charge in [0.05, 0.1) is 20.2 Å². The molecule has 2 N–H and O–H groups in total. The minimum absolute atomic E-state index is 0.124. The molecule has 1 atom stereocenters. The molecule has 1 saturated heterocycles. The Kier molecular flexibility index (Phi) is 5.99. The van der Waals surface area contributed by atoms with Gasteiger partial charge in [-0.05, 0) is 53.1 Å². The Balaban J connectivity index is 1.66. The number of hydrogen-bond donors (Lipinski definition) is 2. The first kappa shape index (κ1) is 19.0. The van der Waals surface area contributed by atoms with Gasteiger partial charge in [-0.3, -0.25) is 0 Å². The fraction of sp³-hybridized carbons (Fsp3) is 0.450. The molecular weight excluding hydrogens is 372 g/mol. The number of piperazine rings is 1. The van der Waals surface area contributed by atoms with Gasteiger partial charge in [-0.15, -0.1) is 16.4 Å². The third-order valence-corrected chi connectivity index (χ3v) is 6.52. The second-order valence-corrected chi connectivity index (χ2v) is 8.27. The van der Waals surface area contributed by atoms with E-state index in [4.69, 9.17) is 4.74 Å². The van der Waals surface area contributed by atoms with Gasteiger partial charge in [-0.25, -0.2) is 4.68 Å². The second-order valence-electron chi connectivity index (χ2n) is 7.24. The summed E-state index contributed by atoms with van der Waals surface area (Å²) in [6.45, 7) is 8.78. The number of nitrogens with zero attached hydrogens (tertiary/aromatic N) is 4. The van der Waals surface area contributed by atoms with E-state index in [-0.39, 0.29) is 6.04 Å².